The number of non-ortho nitro benzene ring substituents is 1. The van der Waals surface area contributed by atoms with E-state index in [4.69, 9.17) is 0 Å². The van der Waals surface area contributed by atoms with Crippen molar-refractivity contribution in [3.05, 3.63) is 117 Å². The van der Waals surface area contributed by atoms with E-state index in [1.165, 1.54) is 29.2 Å². The second-order valence-corrected chi connectivity index (χ2v) is 9.38. The average Bonchev–Trinajstić information content (AvgIpc) is 2.91. The van der Waals surface area contributed by atoms with E-state index in [0.717, 1.165) is 16.5 Å². The molecule has 190 valence electrons. The van der Waals surface area contributed by atoms with Crippen LogP contribution < -0.4 is 4.90 Å². The fourth-order valence-electron chi connectivity index (χ4n) is 4.99. The highest BCUT2D eigenvalue weighted by atomic mass is 16.6. The summed E-state index contributed by atoms with van der Waals surface area (Å²) >= 11 is 0. The van der Waals surface area contributed by atoms with Crippen molar-refractivity contribution in [2.45, 2.75) is 20.3 Å². The van der Waals surface area contributed by atoms with Gasteiger partial charge >= 0.3 is 0 Å². The van der Waals surface area contributed by atoms with Gasteiger partial charge in [-0.2, -0.15) is 0 Å². The minimum Gasteiger partial charge on any atom is -0.308 e. The number of amides is 3. The zero-order valence-corrected chi connectivity index (χ0v) is 21.0. The Morgan fingerprint density at radius 2 is 1.53 bits per heavy atom. The molecule has 1 aliphatic rings. The van der Waals surface area contributed by atoms with Gasteiger partial charge < -0.3 is 4.90 Å². The van der Waals surface area contributed by atoms with Gasteiger partial charge in [0.15, 0.2) is 0 Å². The second kappa shape index (κ2) is 9.89. The molecule has 3 amide bonds. The molecule has 38 heavy (non-hydrogen) atoms. The van der Waals surface area contributed by atoms with Gasteiger partial charge in [-0.15, -0.1) is 0 Å². The predicted octanol–water partition coefficient (Wildman–Crippen LogP) is 5.70. The van der Waals surface area contributed by atoms with Crippen LogP contribution in [0.4, 0.5) is 11.4 Å². The Morgan fingerprint density at radius 3 is 2.11 bits per heavy atom. The Bertz CT molecular complexity index is 1560. The molecule has 4 aromatic carbocycles. The van der Waals surface area contributed by atoms with Crippen molar-refractivity contribution in [1.29, 1.82) is 0 Å². The lowest BCUT2D eigenvalue weighted by Crippen LogP contribution is -2.42. The molecule has 0 fully saturated rings. The zero-order chi connectivity index (χ0) is 27.0. The van der Waals surface area contributed by atoms with E-state index in [0.29, 0.717) is 34.2 Å². The number of nitrogens with zero attached hydrogens (tertiary/aromatic N) is 3. The van der Waals surface area contributed by atoms with E-state index >= 15 is 0 Å². The van der Waals surface area contributed by atoms with Gasteiger partial charge in [0.2, 0.25) is 0 Å². The van der Waals surface area contributed by atoms with Gasteiger partial charge in [0.25, 0.3) is 23.4 Å². The number of carbonyl (C=O) groups excluding carboxylic acids is 3. The summed E-state index contributed by atoms with van der Waals surface area (Å²) in [5.41, 5.74) is 3.83. The summed E-state index contributed by atoms with van der Waals surface area (Å²) in [7, 11) is 0. The van der Waals surface area contributed by atoms with Crippen LogP contribution in [0.1, 0.15) is 48.6 Å². The molecule has 0 atom stereocenters. The summed E-state index contributed by atoms with van der Waals surface area (Å²) < 4.78 is 0. The van der Waals surface area contributed by atoms with Gasteiger partial charge in [-0.05, 0) is 61.5 Å². The number of aryl methyl sites for hydroxylation is 2. The first-order chi connectivity index (χ1) is 18.3. The Balaban J connectivity index is 1.40. The van der Waals surface area contributed by atoms with E-state index in [9.17, 15) is 24.5 Å². The lowest BCUT2D eigenvalue weighted by Gasteiger charge is -2.29. The molecule has 0 bridgehead atoms. The van der Waals surface area contributed by atoms with Crippen molar-refractivity contribution >= 4 is 39.9 Å². The van der Waals surface area contributed by atoms with Gasteiger partial charge in [-0.1, -0.05) is 42.0 Å². The van der Waals surface area contributed by atoms with Crippen LogP contribution in [0.25, 0.3) is 10.8 Å². The van der Waals surface area contributed by atoms with Gasteiger partial charge in [0, 0.05) is 53.0 Å². The number of anilines is 1. The summed E-state index contributed by atoms with van der Waals surface area (Å²) in [4.78, 5) is 53.5. The van der Waals surface area contributed by atoms with Crippen molar-refractivity contribution in [1.82, 2.24) is 4.90 Å². The van der Waals surface area contributed by atoms with Crippen molar-refractivity contribution < 1.29 is 19.3 Å². The third-order valence-electron chi connectivity index (χ3n) is 6.83. The summed E-state index contributed by atoms with van der Waals surface area (Å²) in [6, 6.07) is 22.0. The molecule has 0 aromatic heterocycles. The number of rotatable bonds is 7. The van der Waals surface area contributed by atoms with Crippen LogP contribution in [0.2, 0.25) is 0 Å². The van der Waals surface area contributed by atoms with E-state index in [2.05, 4.69) is 0 Å². The Hall–Kier alpha value is -4.85. The fraction of sp³-hybridized carbons (Fsp3) is 0.167. The van der Waals surface area contributed by atoms with E-state index < -0.39 is 4.92 Å². The third kappa shape index (κ3) is 4.41. The molecule has 8 heteroatoms. The number of carbonyl (C=O) groups is 3. The van der Waals surface area contributed by atoms with E-state index in [1.807, 2.05) is 44.2 Å². The maximum absolute atomic E-state index is 13.6. The number of hydrogen-bond acceptors (Lipinski definition) is 5. The Labute approximate surface area is 219 Å². The third-order valence-corrected chi connectivity index (χ3v) is 6.83. The molecular weight excluding hydrogens is 482 g/mol. The molecule has 0 spiro atoms. The van der Waals surface area contributed by atoms with Crippen LogP contribution in [-0.2, 0) is 0 Å². The Morgan fingerprint density at radius 1 is 0.895 bits per heavy atom. The first-order valence-electron chi connectivity index (χ1n) is 12.3. The lowest BCUT2D eigenvalue weighted by molar-refractivity contribution is -0.384. The molecule has 0 aliphatic carbocycles. The molecule has 0 saturated heterocycles. The van der Waals surface area contributed by atoms with Crippen molar-refractivity contribution in [2.24, 2.45) is 0 Å². The summed E-state index contributed by atoms with van der Waals surface area (Å²) in [5.74, 6) is -1.02. The standard InChI is InChI=1S/C30H25N3O5/c1-19-10-15-26(20(2)18-19)31(28(34)22-11-13-23(14-12-22)33(37)38)16-5-17-32-29(35)24-8-3-6-21-7-4-9-25(27(21)24)30(32)36/h3-4,6-15,18H,5,16-17H2,1-2H3. The number of imide groups is 1. The molecule has 5 rings (SSSR count). The van der Waals surface area contributed by atoms with E-state index in [1.54, 1.807) is 29.2 Å². The smallest absolute Gasteiger partial charge is 0.269 e. The van der Waals surface area contributed by atoms with Gasteiger partial charge in [0.1, 0.15) is 0 Å². The summed E-state index contributed by atoms with van der Waals surface area (Å²) in [6.07, 6.45) is 0.349. The lowest BCUT2D eigenvalue weighted by atomic mass is 9.94. The SMILES string of the molecule is Cc1ccc(N(CCCN2C(=O)c3cccc4cccc(c34)C2=O)C(=O)c2ccc([N+](=O)[O-])cc2)c(C)c1. The number of hydrogen-bond donors (Lipinski definition) is 0. The maximum Gasteiger partial charge on any atom is 0.269 e. The minimum absolute atomic E-state index is 0.1000. The first-order valence-corrected chi connectivity index (χ1v) is 12.3. The summed E-state index contributed by atoms with van der Waals surface area (Å²) in [6.45, 7) is 4.25. The minimum atomic E-state index is -0.512. The van der Waals surface area contributed by atoms with Gasteiger partial charge in [-0.25, -0.2) is 0 Å². The van der Waals surface area contributed by atoms with Crippen LogP contribution in [0.5, 0.6) is 0 Å². The number of benzene rings is 4. The molecular formula is C30H25N3O5. The highest BCUT2D eigenvalue weighted by molar-refractivity contribution is 6.25. The zero-order valence-electron chi connectivity index (χ0n) is 21.0. The molecule has 4 aromatic rings. The van der Waals surface area contributed by atoms with Crippen LogP contribution in [0.15, 0.2) is 78.9 Å². The second-order valence-electron chi connectivity index (χ2n) is 9.38. The highest BCUT2D eigenvalue weighted by Crippen LogP contribution is 2.30. The molecule has 8 nitrogen and oxygen atoms in total. The normalized spacial score (nSPS) is 12.6. The van der Waals surface area contributed by atoms with Crippen LogP contribution in [0, 0.1) is 24.0 Å². The van der Waals surface area contributed by atoms with Crippen LogP contribution >= 0.6 is 0 Å². The first kappa shape index (κ1) is 24.8. The van der Waals surface area contributed by atoms with Crippen molar-refractivity contribution in [3.63, 3.8) is 0 Å². The number of nitro groups is 1. The van der Waals surface area contributed by atoms with Gasteiger partial charge in [0.05, 0.1) is 4.92 Å². The predicted molar refractivity (Wildman–Crippen MR) is 145 cm³/mol. The van der Waals surface area contributed by atoms with Gasteiger partial charge in [-0.3, -0.25) is 29.4 Å². The highest BCUT2D eigenvalue weighted by Gasteiger charge is 2.32. The number of nitro benzene ring substituents is 1. The molecule has 1 heterocycles. The Kier molecular flexibility index (Phi) is 6.46. The summed E-state index contributed by atoms with van der Waals surface area (Å²) in [5, 5.41) is 12.6. The molecule has 0 N–H and O–H groups in total. The van der Waals surface area contributed by atoms with Crippen molar-refractivity contribution in [3.8, 4) is 0 Å². The molecule has 0 unspecified atom stereocenters. The quantitative estimate of drug-likeness (QED) is 0.182. The largest absolute Gasteiger partial charge is 0.308 e. The van der Waals surface area contributed by atoms with Crippen LogP contribution in [0.3, 0.4) is 0 Å². The molecule has 0 saturated carbocycles. The topological polar surface area (TPSA) is 101 Å². The fourth-order valence-corrected chi connectivity index (χ4v) is 4.99. The average molecular weight is 508 g/mol. The molecule has 1 aliphatic heterocycles. The monoisotopic (exact) mass is 507 g/mol. The van der Waals surface area contributed by atoms with Crippen molar-refractivity contribution in [2.75, 3.05) is 18.0 Å². The van der Waals surface area contributed by atoms with E-state index in [-0.39, 0.29) is 36.5 Å². The molecule has 0 radical (unpaired) electrons. The maximum atomic E-state index is 13.6. The van der Waals surface area contributed by atoms with Crippen LogP contribution in [-0.4, -0.2) is 40.6 Å².